The minimum atomic E-state index is -0.179. The Morgan fingerprint density at radius 1 is 1.40 bits per heavy atom. The molecule has 30 heavy (non-hydrogen) atoms. The van der Waals surface area contributed by atoms with E-state index in [1.54, 1.807) is 12.1 Å². The SMILES string of the molecule is C=C(/C=C\C=C(/N)c1cc(NC(=O)[C@H]2CCCN2)ncc1Cl)NCC1CCOCC1. The Kier molecular flexibility index (Phi) is 8.30. The van der Waals surface area contributed by atoms with Gasteiger partial charge in [0.25, 0.3) is 0 Å². The lowest BCUT2D eigenvalue weighted by Gasteiger charge is -2.22. The summed E-state index contributed by atoms with van der Waals surface area (Å²) in [4.78, 5) is 16.5. The van der Waals surface area contributed by atoms with E-state index in [9.17, 15) is 4.79 Å². The second-order valence-electron chi connectivity index (χ2n) is 7.63. The van der Waals surface area contributed by atoms with Crippen LogP contribution in [0.2, 0.25) is 5.02 Å². The molecular formula is C22H30ClN5O2. The molecule has 8 heteroatoms. The van der Waals surface area contributed by atoms with Crippen LogP contribution in [-0.4, -0.2) is 43.2 Å². The summed E-state index contributed by atoms with van der Waals surface area (Å²) in [6.07, 6.45) is 10.9. The van der Waals surface area contributed by atoms with Crippen molar-refractivity contribution in [2.75, 3.05) is 31.6 Å². The highest BCUT2D eigenvalue weighted by Gasteiger charge is 2.22. The van der Waals surface area contributed by atoms with Gasteiger partial charge in [0.05, 0.1) is 11.1 Å². The van der Waals surface area contributed by atoms with Gasteiger partial charge in [-0.2, -0.15) is 0 Å². The van der Waals surface area contributed by atoms with Gasteiger partial charge < -0.3 is 26.4 Å². The molecule has 1 amide bonds. The molecule has 1 aromatic rings. The van der Waals surface area contributed by atoms with Crippen LogP contribution >= 0.6 is 11.6 Å². The lowest BCUT2D eigenvalue weighted by atomic mass is 10.0. The number of ether oxygens (including phenoxy) is 1. The highest BCUT2D eigenvalue weighted by atomic mass is 35.5. The summed E-state index contributed by atoms with van der Waals surface area (Å²) in [5, 5.41) is 9.75. The van der Waals surface area contributed by atoms with E-state index < -0.39 is 0 Å². The van der Waals surface area contributed by atoms with Crippen LogP contribution in [0.25, 0.3) is 5.70 Å². The molecule has 1 atom stereocenters. The third-order valence-corrected chi connectivity index (χ3v) is 5.63. The number of anilines is 1. The van der Waals surface area contributed by atoms with Crippen molar-refractivity contribution in [2.24, 2.45) is 11.7 Å². The molecule has 1 aromatic heterocycles. The van der Waals surface area contributed by atoms with Crippen molar-refractivity contribution >= 4 is 29.0 Å². The number of hydrogen-bond donors (Lipinski definition) is 4. The maximum atomic E-state index is 12.3. The first-order chi connectivity index (χ1) is 14.5. The summed E-state index contributed by atoms with van der Waals surface area (Å²) in [7, 11) is 0. The maximum Gasteiger partial charge on any atom is 0.242 e. The van der Waals surface area contributed by atoms with E-state index in [0.717, 1.165) is 57.7 Å². The van der Waals surface area contributed by atoms with Crippen LogP contribution in [-0.2, 0) is 9.53 Å². The molecule has 2 aliphatic rings. The third kappa shape index (κ3) is 6.58. The van der Waals surface area contributed by atoms with Gasteiger partial charge in [-0.1, -0.05) is 24.3 Å². The lowest BCUT2D eigenvalue weighted by molar-refractivity contribution is -0.117. The number of nitrogens with two attached hydrogens (primary N) is 1. The first kappa shape index (κ1) is 22.3. The summed E-state index contributed by atoms with van der Waals surface area (Å²) in [6.45, 7) is 7.43. The van der Waals surface area contributed by atoms with Gasteiger partial charge in [0.15, 0.2) is 0 Å². The number of halogens is 1. The van der Waals surface area contributed by atoms with Crippen LogP contribution in [0, 0.1) is 5.92 Å². The highest BCUT2D eigenvalue weighted by molar-refractivity contribution is 6.32. The van der Waals surface area contributed by atoms with Crippen molar-refractivity contribution in [3.63, 3.8) is 0 Å². The van der Waals surface area contributed by atoms with Crippen LogP contribution < -0.4 is 21.7 Å². The van der Waals surface area contributed by atoms with Gasteiger partial charge in [0, 0.05) is 42.9 Å². The average molecular weight is 432 g/mol. The van der Waals surface area contributed by atoms with E-state index in [-0.39, 0.29) is 11.9 Å². The van der Waals surface area contributed by atoms with E-state index >= 15 is 0 Å². The molecule has 2 fully saturated rings. The van der Waals surface area contributed by atoms with E-state index in [4.69, 9.17) is 22.1 Å². The molecule has 5 N–H and O–H groups in total. The number of rotatable bonds is 8. The fraction of sp³-hybridized carbons (Fsp3) is 0.455. The predicted octanol–water partition coefficient (Wildman–Crippen LogP) is 2.81. The van der Waals surface area contributed by atoms with E-state index in [1.807, 2.05) is 12.2 Å². The molecule has 0 saturated carbocycles. The fourth-order valence-electron chi connectivity index (χ4n) is 3.49. The van der Waals surface area contributed by atoms with Gasteiger partial charge in [-0.3, -0.25) is 4.79 Å². The van der Waals surface area contributed by atoms with Gasteiger partial charge in [-0.15, -0.1) is 0 Å². The zero-order valence-electron chi connectivity index (χ0n) is 17.1. The number of allylic oxidation sites excluding steroid dienone is 3. The number of carbonyl (C=O) groups excluding carboxylic acids is 1. The summed E-state index contributed by atoms with van der Waals surface area (Å²) in [5.74, 6) is 0.951. The summed E-state index contributed by atoms with van der Waals surface area (Å²) >= 11 is 6.26. The molecule has 0 aromatic carbocycles. The monoisotopic (exact) mass is 431 g/mol. The molecule has 0 radical (unpaired) electrons. The Hall–Kier alpha value is -2.35. The van der Waals surface area contributed by atoms with E-state index in [0.29, 0.717) is 28.0 Å². The predicted molar refractivity (Wildman–Crippen MR) is 121 cm³/mol. The number of nitrogens with one attached hydrogen (secondary N) is 3. The first-order valence-electron chi connectivity index (χ1n) is 10.4. The van der Waals surface area contributed by atoms with Crippen molar-refractivity contribution in [3.05, 3.63) is 53.4 Å². The highest BCUT2D eigenvalue weighted by Crippen LogP contribution is 2.23. The Balaban J connectivity index is 1.55. The van der Waals surface area contributed by atoms with Crippen LogP contribution in [0.1, 0.15) is 31.2 Å². The van der Waals surface area contributed by atoms with Crippen molar-refractivity contribution in [2.45, 2.75) is 31.7 Å². The molecule has 3 rings (SSSR count). The molecular weight excluding hydrogens is 402 g/mol. The van der Waals surface area contributed by atoms with Crippen molar-refractivity contribution in [3.8, 4) is 0 Å². The van der Waals surface area contributed by atoms with E-state index in [1.165, 1.54) is 6.20 Å². The maximum absolute atomic E-state index is 12.3. The van der Waals surface area contributed by atoms with Crippen LogP contribution in [0.3, 0.4) is 0 Å². The number of pyridine rings is 1. The molecule has 7 nitrogen and oxygen atoms in total. The van der Waals surface area contributed by atoms with Gasteiger partial charge >= 0.3 is 0 Å². The number of aromatic nitrogens is 1. The van der Waals surface area contributed by atoms with Gasteiger partial charge in [-0.05, 0) is 56.4 Å². The normalized spacial score (nSPS) is 20.4. The Bertz CT molecular complexity index is 812. The number of carbonyl (C=O) groups is 1. The minimum Gasteiger partial charge on any atom is -0.398 e. The molecule has 162 valence electrons. The van der Waals surface area contributed by atoms with Gasteiger partial charge in [0.2, 0.25) is 5.91 Å². The molecule has 0 unspecified atom stereocenters. The lowest BCUT2D eigenvalue weighted by Crippen LogP contribution is -2.35. The smallest absolute Gasteiger partial charge is 0.242 e. The molecule has 0 spiro atoms. The number of amides is 1. The van der Waals surface area contributed by atoms with Crippen molar-refractivity contribution in [1.82, 2.24) is 15.6 Å². The summed E-state index contributed by atoms with van der Waals surface area (Å²) in [6, 6.07) is 1.51. The second kappa shape index (κ2) is 11.2. The van der Waals surface area contributed by atoms with Gasteiger partial charge in [-0.25, -0.2) is 4.98 Å². The Morgan fingerprint density at radius 3 is 2.93 bits per heavy atom. The standard InChI is InChI=1S/C22H30ClN5O2/c1-15(26-13-16-7-10-30-11-8-16)4-2-5-19(24)17-12-21(27-14-18(17)23)28-22(29)20-6-3-9-25-20/h2,4-5,12,14,16,20,25-26H,1,3,6-11,13,24H2,(H,27,28,29)/b4-2-,19-5-/t20-/m1/s1. The fourth-order valence-corrected chi connectivity index (χ4v) is 3.70. The number of nitrogens with zero attached hydrogens (tertiary/aromatic N) is 1. The van der Waals surface area contributed by atoms with Crippen LogP contribution in [0.4, 0.5) is 5.82 Å². The van der Waals surface area contributed by atoms with E-state index in [2.05, 4.69) is 27.5 Å². The zero-order chi connectivity index (χ0) is 21.3. The molecule has 3 heterocycles. The van der Waals surface area contributed by atoms with Crippen molar-refractivity contribution < 1.29 is 9.53 Å². The molecule has 2 saturated heterocycles. The number of hydrogen-bond acceptors (Lipinski definition) is 6. The third-order valence-electron chi connectivity index (χ3n) is 5.33. The summed E-state index contributed by atoms with van der Waals surface area (Å²) < 4.78 is 5.38. The first-order valence-corrected chi connectivity index (χ1v) is 10.7. The van der Waals surface area contributed by atoms with Crippen LogP contribution in [0.5, 0.6) is 0 Å². The molecule has 0 aliphatic carbocycles. The summed E-state index contributed by atoms with van der Waals surface area (Å²) in [5.41, 5.74) is 8.12. The van der Waals surface area contributed by atoms with Crippen molar-refractivity contribution in [1.29, 1.82) is 0 Å². The van der Waals surface area contributed by atoms with Crippen LogP contribution in [0.15, 0.2) is 42.8 Å². The quantitative estimate of drug-likeness (QED) is 0.472. The topological polar surface area (TPSA) is 101 Å². The largest absolute Gasteiger partial charge is 0.398 e. The molecule has 0 bridgehead atoms. The minimum absolute atomic E-state index is 0.0948. The van der Waals surface area contributed by atoms with Gasteiger partial charge in [0.1, 0.15) is 5.82 Å². The Labute approximate surface area is 182 Å². The zero-order valence-corrected chi connectivity index (χ0v) is 17.9. The Morgan fingerprint density at radius 2 is 2.20 bits per heavy atom. The average Bonchev–Trinajstić information content (AvgIpc) is 3.29. The molecule has 2 aliphatic heterocycles. The second-order valence-corrected chi connectivity index (χ2v) is 8.04.